The van der Waals surface area contributed by atoms with Gasteiger partial charge in [-0.25, -0.2) is 4.98 Å². The van der Waals surface area contributed by atoms with Gasteiger partial charge in [0.25, 0.3) is 0 Å². The first-order valence-corrected chi connectivity index (χ1v) is 7.49. The Hall–Kier alpha value is -2.46. The number of nitrogens with zero attached hydrogens (tertiary/aromatic N) is 1. The van der Waals surface area contributed by atoms with E-state index < -0.39 is 0 Å². The summed E-state index contributed by atoms with van der Waals surface area (Å²) >= 11 is 1.43. The zero-order valence-corrected chi connectivity index (χ0v) is 12.4. The Labute approximate surface area is 127 Å². The molecule has 0 aliphatic rings. The molecule has 0 bridgehead atoms. The number of anilines is 1. The molecular formula is C17H14N2OS. The van der Waals surface area contributed by atoms with Gasteiger partial charge in [-0.1, -0.05) is 42.5 Å². The summed E-state index contributed by atoms with van der Waals surface area (Å²) in [6, 6.07) is 14.2. The first-order chi connectivity index (χ1) is 10.2. The molecule has 3 nitrogen and oxygen atoms in total. The highest BCUT2D eigenvalue weighted by Crippen LogP contribution is 2.20. The lowest BCUT2D eigenvalue weighted by Crippen LogP contribution is -2.07. The van der Waals surface area contributed by atoms with Crippen molar-refractivity contribution in [1.82, 2.24) is 4.98 Å². The number of hydrogen-bond acceptors (Lipinski definition) is 3. The van der Waals surface area contributed by atoms with Crippen LogP contribution in [0.2, 0.25) is 0 Å². The van der Waals surface area contributed by atoms with E-state index in [1.165, 1.54) is 11.3 Å². The Morgan fingerprint density at radius 2 is 2.00 bits per heavy atom. The van der Waals surface area contributed by atoms with Gasteiger partial charge in [0.05, 0.1) is 5.69 Å². The van der Waals surface area contributed by atoms with Crippen molar-refractivity contribution in [2.75, 3.05) is 5.32 Å². The second-order valence-corrected chi connectivity index (χ2v) is 5.54. The van der Waals surface area contributed by atoms with Crippen LogP contribution in [-0.4, -0.2) is 10.9 Å². The Morgan fingerprint density at radius 3 is 2.81 bits per heavy atom. The molecule has 3 rings (SSSR count). The summed E-state index contributed by atoms with van der Waals surface area (Å²) in [5, 5.41) is 7.59. The molecule has 0 atom stereocenters. The number of carbonyl (C=O) groups excluding carboxylic acids is 1. The number of hydrogen-bond donors (Lipinski definition) is 1. The van der Waals surface area contributed by atoms with Crippen LogP contribution < -0.4 is 5.32 Å². The van der Waals surface area contributed by atoms with Crippen LogP contribution in [-0.2, 0) is 4.79 Å². The van der Waals surface area contributed by atoms with Gasteiger partial charge < -0.3 is 0 Å². The highest BCUT2D eigenvalue weighted by Gasteiger charge is 2.02. The number of amides is 1. The van der Waals surface area contributed by atoms with E-state index in [1.807, 2.05) is 42.6 Å². The van der Waals surface area contributed by atoms with Crippen molar-refractivity contribution in [3.8, 4) is 0 Å². The van der Waals surface area contributed by atoms with Crippen LogP contribution in [0.15, 0.2) is 53.9 Å². The largest absolute Gasteiger partial charge is 0.298 e. The third-order valence-electron chi connectivity index (χ3n) is 3.09. The fourth-order valence-electron chi connectivity index (χ4n) is 2.12. The third kappa shape index (κ3) is 3.17. The molecule has 0 spiro atoms. The van der Waals surface area contributed by atoms with E-state index in [9.17, 15) is 4.79 Å². The predicted molar refractivity (Wildman–Crippen MR) is 88.5 cm³/mol. The van der Waals surface area contributed by atoms with Gasteiger partial charge in [-0.15, -0.1) is 11.3 Å². The fourth-order valence-corrected chi connectivity index (χ4v) is 2.81. The molecule has 0 saturated carbocycles. The second kappa shape index (κ2) is 5.89. The van der Waals surface area contributed by atoms with Crippen LogP contribution in [0.4, 0.5) is 5.13 Å². The normalized spacial score (nSPS) is 11.1. The Balaban J connectivity index is 1.79. The van der Waals surface area contributed by atoms with E-state index in [4.69, 9.17) is 0 Å². The van der Waals surface area contributed by atoms with Gasteiger partial charge in [-0.3, -0.25) is 10.1 Å². The lowest BCUT2D eigenvalue weighted by atomic mass is 10.0. The Morgan fingerprint density at radius 1 is 1.19 bits per heavy atom. The SMILES string of the molecule is Cc1csc(NC(=O)/C=C/c2cccc3ccccc23)n1. The summed E-state index contributed by atoms with van der Waals surface area (Å²) < 4.78 is 0. The van der Waals surface area contributed by atoms with Crippen molar-refractivity contribution in [3.05, 3.63) is 65.2 Å². The third-order valence-corrected chi connectivity index (χ3v) is 3.96. The number of aromatic nitrogens is 1. The molecule has 3 aromatic rings. The van der Waals surface area contributed by atoms with Crippen molar-refractivity contribution >= 4 is 39.2 Å². The average molecular weight is 294 g/mol. The number of benzene rings is 2. The van der Waals surface area contributed by atoms with Crippen molar-refractivity contribution < 1.29 is 4.79 Å². The van der Waals surface area contributed by atoms with Gasteiger partial charge in [-0.2, -0.15) is 0 Å². The molecule has 0 saturated heterocycles. The first-order valence-electron chi connectivity index (χ1n) is 6.61. The molecular weight excluding hydrogens is 280 g/mol. The van der Waals surface area contributed by atoms with E-state index >= 15 is 0 Å². The van der Waals surface area contributed by atoms with Gasteiger partial charge in [0.2, 0.25) is 5.91 Å². The van der Waals surface area contributed by atoms with E-state index in [-0.39, 0.29) is 5.91 Å². The number of nitrogens with one attached hydrogen (secondary N) is 1. The lowest BCUT2D eigenvalue weighted by Gasteiger charge is -2.01. The number of carbonyl (C=O) groups is 1. The van der Waals surface area contributed by atoms with E-state index in [2.05, 4.69) is 28.5 Å². The van der Waals surface area contributed by atoms with E-state index in [0.717, 1.165) is 22.0 Å². The first kappa shape index (κ1) is 13.5. The monoisotopic (exact) mass is 294 g/mol. The lowest BCUT2D eigenvalue weighted by molar-refractivity contribution is -0.111. The van der Waals surface area contributed by atoms with Crippen LogP contribution in [0, 0.1) is 6.92 Å². The van der Waals surface area contributed by atoms with Crippen molar-refractivity contribution in [1.29, 1.82) is 0 Å². The van der Waals surface area contributed by atoms with Crippen LogP contribution in [0.1, 0.15) is 11.3 Å². The number of thiazole rings is 1. The zero-order valence-electron chi connectivity index (χ0n) is 11.5. The maximum atomic E-state index is 11.9. The molecule has 104 valence electrons. The van der Waals surface area contributed by atoms with Crippen LogP contribution in [0.3, 0.4) is 0 Å². The summed E-state index contributed by atoms with van der Waals surface area (Å²) in [6.07, 6.45) is 3.37. The molecule has 0 aliphatic carbocycles. The summed E-state index contributed by atoms with van der Waals surface area (Å²) in [4.78, 5) is 16.1. The molecule has 0 aliphatic heterocycles. The smallest absolute Gasteiger partial charge is 0.250 e. The number of fused-ring (bicyclic) bond motifs is 1. The minimum Gasteiger partial charge on any atom is -0.298 e. The summed E-state index contributed by atoms with van der Waals surface area (Å²) in [5.74, 6) is -0.169. The molecule has 2 aromatic carbocycles. The summed E-state index contributed by atoms with van der Waals surface area (Å²) in [7, 11) is 0. The molecule has 4 heteroatoms. The highest BCUT2D eigenvalue weighted by atomic mass is 32.1. The predicted octanol–water partition coefficient (Wildman–Crippen LogP) is 4.26. The molecule has 21 heavy (non-hydrogen) atoms. The molecule has 1 heterocycles. The molecule has 1 aromatic heterocycles. The number of aryl methyl sites for hydroxylation is 1. The van der Waals surface area contributed by atoms with Crippen LogP contribution in [0.5, 0.6) is 0 Å². The second-order valence-electron chi connectivity index (χ2n) is 4.68. The van der Waals surface area contributed by atoms with E-state index in [1.54, 1.807) is 6.08 Å². The van der Waals surface area contributed by atoms with E-state index in [0.29, 0.717) is 5.13 Å². The molecule has 0 radical (unpaired) electrons. The minimum atomic E-state index is -0.169. The topological polar surface area (TPSA) is 42.0 Å². The maximum absolute atomic E-state index is 11.9. The molecule has 1 amide bonds. The van der Waals surface area contributed by atoms with Gasteiger partial charge in [0, 0.05) is 11.5 Å². The highest BCUT2D eigenvalue weighted by molar-refractivity contribution is 7.13. The average Bonchev–Trinajstić information content (AvgIpc) is 2.90. The van der Waals surface area contributed by atoms with Gasteiger partial charge >= 0.3 is 0 Å². The number of rotatable bonds is 3. The molecule has 1 N–H and O–H groups in total. The van der Waals surface area contributed by atoms with Crippen molar-refractivity contribution in [3.63, 3.8) is 0 Å². The van der Waals surface area contributed by atoms with Gasteiger partial charge in [0.15, 0.2) is 5.13 Å². The quantitative estimate of drug-likeness (QED) is 0.733. The zero-order chi connectivity index (χ0) is 14.7. The van der Waals surface area contributed by atoms with Crippen molar-refractivity contribution in [2.45, 2.75) is 6.92 Å². The summed E-state index contributed by atoms with van der Waals surface area (Å²) in [5.41, 5.74) is 1.94. The van der Waals surface area contributed by atoms with Crippen LogP contribution >= 0.6 is 11.3 Å². The minimum absolute atomic E-state index is 0.169. The van der Waals surface area contributed by atoms with Gasteiger partial charge in [0.1, 0.15) is 0 Å². The Kier molecular flexibility index (Phi) is 3.79. The standard InChI is InChI=1S/C17H14N2OS/c1-12-11-21-17(18-12)19-16(20)10-9-14-7-4-6-13-5-2-3-8-15(13)14/h2-11H,1H3,(H,18,19,20)/b10-9+. The van der Waals surface area contributed by atoms with Gasteiger partial charge in [-0.05, 0) is 29.3 Å². The maximum Gasteiger partial charge on any atom is 0.250 e. The Bertz CT molecular complexity index is 815. The molecule has 0 fully saturated rings. The van der Waals surface area contributed by atoms with Crippen LogP contribution in [0.25, 0.3) is 16.8 Å². The van der Waals surface area contributed by atoms with Crippen molar-refractivity contribution in [2.24, 2.45) is 0 Å². The fraction of sp³-hybridized carbons (Fsp3) is 0.0588. The summed E-state index contributed by atoms with van der Waals surface area (Å²) in [6.45, 7) is 1.90. The molecule has 0 unspecified atom stereocenters.